The summed E-state index contributed by atoms with van der Waals surface area (Å²) in [5.41, 5.74) is 0.968. The molecule has 0 saturated carbocycles. The first-order valence-electron chi connectivity index (χ1n) is 12.3. The molecular formula is C30H26N2O5S. The molecule has 2 heterocycles. The van der Waals surface area contributed by atoms with Crippen LogP contribution in [0.4, 0.5) is 5.13 Å². The lowest BCUT2D eigenvalue weighted by Gasteiger charge is -2.23. The van der Waals surface area contributed by atoms with Gasteiger partial charge in [-0.1, -0.05) is 55.8 Å². The molecule has 7 nitrogen and oxygen atoms in total. The minimum absolute atomic E-state index is 0.0206. The van der Waals surface area contributed by atoms with Crippen LogP contribution in [-0.4, -0.2) is 28.4 Å². The molecule has 38 heavy (non-hydrogen) atoms. The zero-order valence-electron chi connectivity index (χ0n) is 20.7. The van der Waals surface area contributed by atoms with E-state index in [1.165, 1.54) is 16.2 Å². The summed E-state index contributed by atoms with van der Waals surface area (Å²) in [4.78, 5) is 32.3. The first-order chi connectivity index (χ1) is 18.6. The minimum Gasteiger partial charge on any atom is -0.507 e. The van der Waals surface area contributed by atoms with Crippen LogP contribution < -0.4 is 14.4 Å². The molecule has 5 rings (SSSR count). The largest absolute Gasteiger partial charge is 0.507 e. The zero-order chi connectivity index (χ0) is 26.5. The normalized spacial score (nSPS) is 16.6. The van der Waals surface area contributed by atoms with Crippen LogP contribution in [0.25, 0.3) is 5.76 Å². The molecule has 8 heteroatoms. The van der Waals surface area contributed by atoms with Crippen molar-refractivity contribution in [3.05, 3.63) is 107 Å². The molecule has 1 N–H and O–H groups in total. The summed E-state index contributed by atoms with van der Waals surface area (Å²) in [6, 6.07) is 22.5. The molecule has 1 aliphatic heterocycles. The Morgan fingerprint density at radius 1 is 0.974 bits per heavy atom. The van der Waals surface area contributed by atoms with Gasteiger partial charge in [-0.05, 0) is 48.4 Å². The Balaban J connectivity index is 1.59. The standard InChI is InChI=1S/C30H26N2O5S/c1-2-3-16-36-23-13-8-10-21(19-23)27(33)25-26(32(29(35)28(25)34)30-31-15-17-38-30)20-9-7-14-24(18-20)37-22-11-5-4-6-12-22/h4-15,17-19,26,33H,2-3,16H2,1H3/b27-25+. The van der Waals surface area contributed by atoms with E-state index in [4.69, 9.17) is 9.47 Å². The van der Waals surface area contributed by atoms with Gasteiger partial charge < -0.3 is 14.6 Å². The van der Waals surface area contributed by atoms with E-state index in [1.54, 1.807) is 60.1 Å². The van der Waals surface area contributed by atoms with Crippen molar-refractivity contribution in [1.82, 2.24) is 4.98 Å². The fraction of sp³-hybridized carbons (Fsp3) is 0.167. The number of aliphatic hydroxyl groups excluding tert-OH is 1. The predicted octanol–water partition coefficient (Wildman–Crippen LogP) is 6.74. The summed E-state index contributed by atoms with van der Waals surface area (Å²) >= 11 is 1.24. The fourth-order valence-corrected chi connectivity index (χ4v) is 4.94. The number of rotatable bonds is 9. The van der Waals surface area contributed by atoms with Crippen molar-refractivity contribution < 1.29 is 24.2 Å². The van der Waals surface area contributed by atoms with E-state index in [0.29, 0.717) is 40.1 Å². The molecule has 1 atom stereocenters. The van der Waals surface area contributed by atoms with Gasteiger partial charge in [-0.3, -0.25) is 14.5 Å². The number of hydrogen-bond donors (Lipinski definition) is 1. The number of unbranched alkanes of at least 4 members (excludes halogenated alkanes) is 1. The van der Waals surface area contributed by atoms with Crippen LogP contribution in [0, 0.1) is 0 Å². The summed E-state index contributed by atoms with van der Waals surface area (Å²) in [5.74, 6) is -0.0527. The van der Waals surface area contributed by atoms with Gasteiger partial charge in [-0.25, -0.2) is 4.98 Å². The van der Waals surface area contributed by atoms with Crippen molar-refractivity contribution in [3.63, 3.8) is 0 Å². The molecule has 1 fully saturated rings. The second-order valence-corrected chi connectivity index (χ2v) is 9.57. The van der Waals surface area contributed by atoms with Crippen molar-refractivity contribution in [3.8, 4) is 17.2 Å². The Morgan fingerprint density at radius 2 is 1.74 bits per heavy atom. The molecule has 1 unspecified atom stereocenters. The number of ketones is 1. The Morgan fingerprint density at radius 3 is 2.50 bits per heavy atom. The highest BCUT2D eigenvalue weighted by Crippen LogP contribution is 2.43. The Bertz CT molecular complexity index is 1470. The second-order valence-electron chi connectivity index (χ2n) is 8.70. The zero-order valence-corrected chi connectivity index (χ0v) is 21.6. The van der Waals surface area contributed by atoms with Gasteiger partial charge in [-0.15, -0.1) is 11.3 Å². The van der Waals surface area contributed by atoms with E-state index >= 15 is 0 Å². The predicted molar refractivity (Wildman–Crippen MR) is 147 cm³/mol. The number of thiazole rings is 1. The number of anilines is 1. The topological polar surface area (TPSA) is 89.0 Å². The molecule has 192 valence electrons. The van der Waals surface area contributed by atoms with Crippen molar-refractivity contribution >= 4 is 33.9 Å². The monoisotopic (exact) mass is 526 g/mol. The smallest absolute Gasteiger partial charge is 0.301 e. The van der Waals surface area contributed by atoms with Crippen LogP contribution in [0.15, 0.2) is 96.0 Å². The lowest BCUT2D eigenvalue weighted by molar-refractivity contribution is -0.132. The molecule has 1 amide bonds. The van der Waals surface area contributed by atoms with Gasteiger partial charge in [0.15, 0.2) is 5.13 Å². The summed E-state index contributed by atoms with van der Waals surface area (Å²) in [6.45, 7) is 2.62. The van der Waals surface area contributed by atoms with Gasteiger partial charge in [0.25, 0.3) is 5.78 Å². The number of amides is 1. The van der Waals surface area contributed by atoms with E-state index < -0.39 is 17.7 Å². The number of nitrogens with zero attached hydrogens (tertiary/aromatic N) is 2. The van der Waals surface area contributed by atoms with Crippen molar-refractivity contribution in [2.24, 2.45) is 0 Å². The molecule has 0 radical (unpaired) electrons. The molecule has 1 saturated heterocycles. The van der Waals surface area contributed by atoms with Crippen molar-refractivity contribution in [2.75, 3.05) is 11.5 Å². The third-order valence-corrected chi connectivity index (χ3v) is 6.87. The number of benzene rings is 3. The van der Waals surface area contributed by atoms with E-state index in [1.807, 2.05) is 30.3 Å². The highest BCUT2D eigenvalue weighted by molar-refractivity contribution is 7.14. The maximum absolute atomic E-state index is 13.4. The SMILES string of the molecule is CCCCOc1cccc(/C(O)=C2\C(=O)C(=O)N(c3nccs3)C2c2cccc(Oc3ccccc3)c2)c1. The number of carbonyl (C=O) groups excluding carboxylic acids is 2. The third-order valence-electron chi connectivity index (χ3n) is 6.10. The average molecular weight is 527 g/mol. The highest BCUT2D eigenvalue weighted by atomic mass is 32.1. The lowest BCUT2D eigenvalue weighted by atomic mass is 9.95. The van der Waals surface area contributed by atoms with E-state index in [-0.39, 0.29) is 11.3 Å². The molecule has 1 aliphatic rings. The van der Waals surface area contributed by atoms with Crippen LogP contribution in [-0.2, 0) is 9.59 Å². The highest BCUT2D eigenvalue weighted by Gasteiger charge is 2.48. The first kappa shape index (κ1) is 25.2. The first-order valence-corrected chi connectivity index (χ1v) is 13.2. The Labute approximate surface area is 224 Å². The number of carbonyl (C=O) groups is 2. The average Bonchev–Trinajstić information content (AvgIpc) is 3.56. The Hall–Kier alpha value is -4.43. The number of aliphatic hydroxyl groups is 1. The number of para-hydroxylation sites is 1. The van der Waals surface area contributed by atoms with Crippen LogP contribution >= 0.6 is 11.3 Å². The number of ether oxygens (including phenoxy) is 2. The summed E-state index contributed by atoms with van der Waals surface area (Å²) in [6.07, 6.45) is 3.46. The van der Waals surface area contributed by atoms with Gasteiger partial charge in [0.05, 0.1) is 18.2 Å². The number of hydrogen-bond acceptors (Lipinski definition) is 7. The molecule has 0 spiro atoms. The van der Waals surface area contributed by atoms with Gasteiger partial charge in [0.2, 0.25) is 0 Å². The summed E-state index contributed by atoms with van der Waals surface area (Å²) < 4.78 is 11.8. The quantitative estimate of drug-likeness (QED) is 0.112. The molecule has 4 aromatic rings. The second kappa shape index (κ2) is 11.3. The van der Waals surface area contributed by atoms with Crippen LogP contribution in [0.1, 0.15) is 36.9 Å². The number of Topliss-reactive ketones (excluding diaryl/α,β-unsaturated/α-hetero) is 1. The molecular weight excluding hydrogens is 500 g/mol. The van der Waals surface area contributed by atoms with E-state index in [0.717, 1.165) is 12.8 Å². The summed E-state index contributed by atoms with van der Waals surface area (Å²) in [7, 11) is 0. The van der Waals surface area contributed by atoms with Gasteiger partial charge in [0.1, 0.15) is 23.0 Å². The molecule has 3 aromatic carbocycles. The number of aromatic nitrogens is 1. The fourth-order valence-electron chi connectivity index (χ4n) is 4.28. The lowest BCUT2D eigenvalue weighted by Crippen LogP contribution is -2.29. The maximum atomic E-state index is 13.4. The maximum Gasteiger partial charge on any atom is 0.301 e. The minimum atomic E-state index is -0.898. The third kappa shape index (κ3) is 5.17. The van der Waals surface area contributed by atoms with Gasteiger partial charge >= 0.3 is 5.91 Å². The van der Waals surface area contributed by atoms with E-state index in [2.05, 4.69) is 11.9 Å². The van der Waals surface area contributed by atoms with Crippen LogP contribution in [0.5, 0.6) is 17.2 Å². The van der Waals surface area contributed by atoms with E-state index in [9.17, 15) is 14.7 Å². The molecule has 0 aliphatic carbocycles. The van der Waals surface area contributed by atoms with Crippen LogP contribution in [0.3, 0.4) is 0 Å². The molecule has 0 bridgehead atoms. The summed E-state index contributed by atoms with van der Waals surface area (Å²) in [5, 5.41) is 13.5. The van der Waals surface area contributed by atoms with Crippen molar-refractivity contribution in [1.29, 1.82) is 0 Å². The Kier molecular flexibility index (Phi) is 7.51. The van der Waals surface area contributed by atoms with Gasteiger partial charge in [-0.2, -0.15) is 0 Å². The van der Waals surface area contributed by atoms with Crippen molar-refractivity contribution in [2.45, 2.75) is 25.8 Å². The van der Waals surface area contributed by atoms with Crippen LogP contribution in [0.2, 0.25) is 0 Å². The van der Waals surface area contributed by atoms with Gasteiger partial charge in [0, 0.05) is 17.1 Å². The molecule has 1 aromatic heterocycles.